The third kappa shape index (κ3) is 5.57. The SMILES string of the molecule is CSC(=Nc1ccccc1Cl)NC(=O)c1ccc(Br)cc1.I. The molecule has 1 N–H and O–H groups in total. The van der Waals surface area contributed by atoms with Crippen LogP contribution in [0, 0.1) is 0 Å². The van der Waals surface area contributed by atoms with Crippen LogP contribution in [0.15, 0.2) is 58.0 Å². The van der Waals surface area contributed by atoms with Gasteiger partial charge < -0.3 is 5.32 Å². The molecule has 3 nitrogen and oxygen atoms in total. The van der Waals surface area contributed by atoms with Crippen LogP contribution >= 0.6 is 63.3 Å². The minimum absolute atomic E-state index is 0. The molecule has 0 aliphatic rings. The average Bonchev–Trinajstić information content (AvgIpc) is 2.49. The number of halogens is 3. The highest BCUT2D eigenvalue weighted by atomic mass is 127. The first-order valence-corrected chi connectivity index (χ1v) is 8.44. The molecule has 0 aromatic heterocycles. The van der Waals surface area contributed by atoms with E-state index < -0.39 is 0 Å². The van der Waals surface area contributed by atoms with Crippen LogP contribution in [-0.4, -0.2) is 17.3 Å². The maximum atomic E-state index is 12.1. The van der Waals surface area contributed by atoms with Crippen molar-refractivity contribution >= 4 is 80.0 Å². The molecule has 2 rings (SSSR count). The van der Waals surface area contributed by atoms with Gasteiger partial charge in [0.2, 0.25) is 0 Å². The van der Waals surface area contributed by atoms with Gasteiger partial charge in [-0.1, -0.05) is 51.4 Å². The number of aliphatic imine (C=N–C) groups is 1. The van der Waals surface area contributed by atoms with Crippen molar-refractivity contribution in [2.24, 2.45) is 4.99 Å². The number of amides is 1. The lowest BCUT2D eigenvalue weighted by molar-refractivity contribution is 0.0978. The van der Waals surface area contributed by atoms with E-state index in [1.54, 1.807) is 24.3 Å². The van der Waals surface area contributed by atoms with Crippen molar-refractivity contribution in [1.29, 1.82) is 0 Å². The van der Waals surface area contributed by atoms with E-state index in [0.717, 1.165) is 4.47 Å². The number of nitrogens with one attached hydrogen (secondary N) is 1. The van der Waals surface area contributed by atoms with Gasteiger partial charge in [-0.2, -0.15) is 0 Å². The molecule has 0 radical (unpaired) electrons. The summed E-state index contributed by atoms with van der Waals surface area (Å²) < 4.78 is 0.925. The van der Waals surface area contributed by atoms with Gasteiger partial charge in [-0.15, -0.1) is 24.0 Å². The highest BCUT2D eigenvalue weighted by Gasteiger charge is 2.09. The van der Waals surface area contributed by atoms with Crippen LogP contribution in [0.4, 0.5) is 5.69 Å². The molecule has 0 atom stereocenters. The summed E-state index contributed by atoms with van der Waals surface area (Å²) in [7, 11) is 0. The molecule has 116 valence electrons. The predicted molar refractivity (Wildman–Crippen MR) is 109 cm³/mol. The number of para-hydroxylation sites is 1. The van der Waals surface area contributed by atoms with E-state index in [4.69, 9.17) is 11.6 Å². The Hall–Kier alpha value is -0.570. The molecule has 0 aliphatic carbocycles. The molecule has 0 saturated carbocycles. The zero-order valence-corrected chi connectivity index (χ0v) is 17.0. The second-order valence-corrected chi connectivity index (χ2v) is 6.15. The fraction of sp³-hybridized carbons (Fsp3) is 0.0667. The molecule has 1 amide bonds. The molecular formula is C15H13BrClIN2OS. The van der Waals surface area contributed by atoms with Crippen LogP contribution in [-0.2, 0) is 0 Å². The van der Waals surface area contributed by atoms with Crippen molar-refractivity contribution in [2.75, 3.05) is 6.26 Å². The second kappa shape index (κ2) is 9.54. The predicted octanol–water partition coefficient (Wildman–Crippen LogP) is 5.50. The summed E-state index contributed by atoms with van der Waals surface area (Å²) in [5.74, 6) is -0.206. The molecule has 0 fully saturated rings. The summed E-state index contributed by atoms with van der Waals surface area (Å²) in [4.78, 5) is 16.5. The third-order valence-corrected chi connectivity index (χ3v) is 4.02. The molecule has 0 heterocycles. The molecule has 0 saturated heterocycles. The van der Waals surface area contributed by atoms with Gasteiger partial charge in [-0.25, -0.2) is 4.99 Å². The Morgan fingerprint density at radius 3 is 2.41 bits per heavy atom. The summed E-state index contributed by atoms with van der Waals surface area (Å²) in [6.07, 6.45) is 1.84. The Balaban J connectivity index is 0.00000242. The van der Waals surface area contributed by atoms with E-state index in [1.807, 2.05) is 30.5 Å². The fourth-order valence-electron chi connectivity index (χ4n) is 1.55. The topological polar surface area (TPSA) is 41.5 Å². The van der Waals surface area contributed by atoms with E-state index in [9.17, 15) is 4.79 Å². The number of rotatable bonds is 2. The van der Waals surface area contributed by atoms with Crippen LogP contribution in [0.25, 0.3) is 0 Å². The Morgan fingerprint density at radius 2 is 1.82 bits per heavy atom. The molecule has 2 aromatic rings. The summed E-state index contributed by atoms with van der Waals surface area (Å²) in [5.41, 5.74) is 1.19. The highest BCUT2D eigenvalue weighted by molar-refractivity contribution is 14.0. The molecule has 0 aliphatic heterocycles. The Labute approximate surface area is 164 Å². The molecule has 0 unspecified atom stereocenters. The first-order chi connectivity index (χ1) is 10.1. The van der Waals surface area contributed by atoms with Crippen molar-refractivity contribution in [3.8, 4) is 0 Å². The number of hydrogen-bond donors (Lipinski definition) is 1. The minimum atomic E-state index is -0.206. The lowest BCUT2D eigenvalue weighted by Gasteiger charge is -2.07. The van der Waals surface area contributed by atoms with Gasteiger partial charge in [-0.3, -0.25) is 4.79 Å². The van der Waals surface area contributed by atoms with Gasteiger partial charge in [0.25, 0.3) is 5.91 Å². The minimum Gasteiger partial charge on any atom is -0.301 e. The maximum Gasteiger partial charge on any atom is 0.257 e. The number of nitrogens with zero attached hydrogens (tertiary/aromatic N) is 1. The number of benzene rings is 2. The smallest absolute Gasteiger partial charge is 0.257 e. The van der Waals surface area contributed by atoms with Gasteiger partial charge in [-0.05, 0) is 42.7 Å². The van der Waals surface area contributed by atoms with Gasteiger partial charge in [0.15, 0.2) is 5.17 Å². The van der Waals surface area contributed by atoms with Crippen molar-refractivity contribution < 1.29 is 4.79 Å². The van der Waals surface area contributed by atoms with Gasteiger partial charge in [0, 0.05) is 10.0 Å². The molecule has 0 bridgehead atoms. The number of carbonyl (C=O) groups is 1. The van der Waals surface area contributed by atoms with Gasteiger partial charge in [0.05, 0.1) is 10.7 Å². The molecule has 2 aromatic carbocycles. The molecular weight excluding hydrogens is 499 g/mol. The first kappa shape index (κ1) is 19.5. The first-order valence-electron chi connectivity index (χ1n) is 6.04. The van der Waals surface area contributed by atoms with Gasteiger partial charge >= 0.3 is 0 Å². The van der Waals surface area contributed by atoms with Crippen LogP contribution in [0.3, 0.4) is 0 Å². The van der Waals surface area contributed by atoms with E-state index >= 15 is 0 Å². The van der Waals surface area contributed by atoms with Crippen molar-refractivity contribution in [1.82, 2.24) is 5.32 Å². The van der Waals surface area contributed by atoms with Crippen molar-refractivity contribution in [2.45, 2.75) is 0 Å². The maximum absolute atomic E-state index is 12.1. The number of hydrogen-bond acceptors (Lipinski definition) is 3. The Kier molecular flexibility index (Phi) is 8.45. The molecule has 0 spiro atoms. The molecule has 22 heavy (non-hydrogen) atoms. The normalized spacial score (nSPS) is 10.8. The van der Waals surface area contributed by atoms with E-state index in [-0.39, 0.29) is 29.9 Å². The molecule has 7 heteroatoms. The van der Waals surface area contributed by atoms with Crippen LogP contribution in [0.1, 0.15) is 10.4 Å². The van der Waals surface area contributed by atoms with Crippen molar-refractivity contribution in [3.63, 3.8) is 0 Å². The monoisotopic (exact) mass is 510 g/mol. The standard InChI is InChI=1S/C15H12BrClN2OS.HI/c1-21-15(18-13-5-3-2-4-12(13)17)19-14(20)10-6-8-11(16)9-7-10;/h2-9H,1H3,(H,18,19,20);1H. The fourth-order valence-corrected chi connectivity index (χ4v) is 2.37. The van der Waals surface area contributed by atoms with Crippen LogP contribution in [0.5, 0.6) is 0 Å². The summed E-state index contributed by atoms with van der Waals surface area (Å²) in [5, 5.41) is 3.82. The summed E-state index contributed by atoms with van der Waals surface area (Å²) in [6.45, 7) is 0. The van der Waals surface area contributed by atoms with Gasteiger partial charge in [0.1, 0.15) is 0 Å². The Morgan fingerprint density at radius 1 is 1.18 bits per heavy atom. The quantitative estimate of drug-likeness (QED) is 0.329. The highest BCUT2D eigenvalue weighted by Crippen LogP contribution is 2.24. The summed E-state index contributed by atoms with van der Waals surface area (Å²) >= 11 is 10.7. The number of carbonyl (C=O) groups excluding carboxylic acids is 1. The van der Waals surface area contributed by atoms with E-state index in [2.05, 4.69) is 26.2 Å². The third-order valence-electron chi connectivity index (χ3n) is 2.59. The largest absolute Gasteiger partial charge is 0.301 e. The number of thioether (sulfide) groups is 1. The second-order valence-electron chi connectivity index (χ2n) is 4.03. The van der Waals surface area contributed by atoms with E-state index in [0.29, 0.717) is 21.4 Å². The lowest BCUT2D eigenvalue weighted by Crippen LogP contribution is -2.28. The Bertz CT molecular complexity index is 679. The summed E-state index contributed by atoms with van der Waals surface area (Å²) in [6, 6.07) is 14.4. The average molecular weight is 512 g/mol. The van der Waals surface area contributed by atoms with Crippen molar-refractivity contribution in [3.05, 3.63) is 63.6 Å². The van der Waals surface area contributed by atoms with Crippen LogP contribution in [0.2, 0.25) is 5.02 Å². The zero-order valence-electron chi connectivity index (χ0n) is 11.5. The van der Waals surface area contributed by atoms with E-state index in [1.165, 1.54) is 11.8 Å². The zero-order chi connectivity index (χ0) is 15.2. The van der Waals surface area contributed by atoms with Crippen LogP contribution < -0.4 is 5.32 Å². The number of amidine groups is 1. The lowest BCUT2D eigenvalue weighted by atomic mass is 10.2.